The first-order chi connectivity index (χ1) is 9.37. The smallest absolute Gasteiger partial charge is 0.190 e. The fraction of sp³-hybridized carbons (Fsp3) is 0.833. The normalized spacial score (nSPS) is 21.7. The lowest BCUT2D eigenvalue weighted by Gasteiger charge is -2.09. The number of hydrogen-bond acceptors (Lipinski definition) is 6. The molecule has 2 rings (SSSR count). The maximum absolute atomic E-state index is 11.5. The quantitative estimate of drug-likeness (QED) is 0.709. The minimum absolute atomic E-state index is 0.197. The van der Waals surface area contributed by atoms with Crippen LogP contribution in [0, 0.1) is 5.92 Å². The number of nitrogens with zero attached hydrogens (tertiary/aromatic N) is 4. The molecule has 0 aliphatic carbocycles. The highest BCUT2D eigenvalue weighted by atomic mass is 32.2. The van der Waals surface area contributed by atoms with Gasteiger partial charge >= 0.3 is 0 Å². The van der Waals surface area contributed by atoms with E-state index in [1.807, 2.05) is 25.7 Å². The molecular weight excluding hydrogens is 296 g/mol. The standard InChI is InChI=1S/C12H22N4O2S2/c1-15(2)5-6-19-12-14-13-11(16(12)3)8-10-4-7-20(17,18)9-10/h10H,4-9H2,1-3H3/t10-/m0/s1. The SMILES string of the molecule is CN(C)CCSc1nnc(C[C@@H]2CCS(=O)(=O)C2)n1C. The molecule has 1 saturated heterocycles. The second-order valence-electron chi connectivity index (χ2n) is 5.58. The summed E-state index contributed by atoms with van der Waals surface area (Å²) in [6.07, 6.45) is 1.45. The molecule has 0 spiro atoms. The van der Waals surface area contributed by atoms with E-state index in [0.29, 0.717) is 17.9 Å². The molecule has 0 bridgehead atoms. The monoisotopic (exact) mass is 318 g/mol. The highest BCUT2D eigenvalue weighted by Crippen LogP contribution is 2.23. The maximum Gasteiger partial charge on any atom is 0.190 e. The molecule has 8 heteroatoms. The summed E-state index contributed by atoms with van der Waals surface area (Å²) in [7, 11) is 3.23. The molecule has 0 unspecified atom stereocenters. The number of thioether (sulfide) groups is 1. The summed E-state index contributed by atoms with van der Waals surface area (Å²) in [5.74, 6) is 2.67. The van der Waals surface area contributed by atoms with Crippen molar-refractivity contribution in [3.63, 3.8) is 0 Å². The van der Waals surface area contributed by atoms with E-state index in [2.05, 4.69) is 15.1 Å². The fourth-order valence-electron chi connectivity index (χ4n) is 2.26. The van der Waals surface area contributed by atoms with Crippen LogP contribution < -0.4 is 0 Å². The third kappa shape index (κ3) is 4.20. The van der Waals surface area contributed by atoms with Crippen LogP contribution >= 0.6 is 11.8 Å². The van der Waals surface area contributed by atoms with Crippen LogP contribution in [-0.4, -0.2) is 66.0 Å². The molecule has 1 aliphatic heterocycles. The van der Waals surface area contributed by atoms with Crippen LogP contribution in [0.1, 0.15) is 12.2 Å². The molecule has 6 nitrogen and oxygen atoms in total. The van der Waals surface area contributed by atoms with Gasteiger partial charge in [-0.2, -0.15) is 0 Å². The van der Waals surface area contributed by atoms with Crippen LogP contribution in [0.2, 0.25) is 0 Å². The third-order valence-electron chi connectivity index (χ3n) is 3.49. The highest BCUT2D eigenvalue weighted by molar-refractivity contribution is 7.99. The van der Waals surface area contributed by atoms with Crippen molar-refractivity contribution < 1.29 is 8.42 Å². The summed E-state index contributed by atoms with van der Waals surface area (Å²) in [4.78, 5) is 2.13. The van der Waals surface area contributed by atoms with Gasteiger partial charge in [0, 0.05) is 25.8 Å². The minimum atomic E-state index is -2.81. The van der Waals surface area contributed by atoms with Crippen LogP contribution in [0.25, 0.3) is 0 Å². The lowest BCUT2D eigenvalue weighted by atomic mass is 10.1. The zero-order chi connectivity index (χ0) is 14.8. The Morgan fingerprint density at radius 2 is 2.15 bits per heavy atom. The molecule has 1 aliphatic rings. The van der Waals surface area contributed by atoms with E-state index in [1.165, 1.54) is 0 Å². The molecule has 0 amide bonds. The molecule has 1 fully saturated rings. The van der Waals surface area contributed by atoms with Crippen LogP contribution in [-0.2, 0) is 23.3 Å². The molecule has 114 valence electrons. The van der Waals surface area contributed by atoms with Gasteiger partial charge in [-0.05, 0) is 26.4 Å². The minimum Gasteiger partial charge on any atom is -0.309 e. The van der Waals surface area contributed by atoms with Gasteiger partial charge < -0.3 is 9.47 Å². The average molecular weight is 318 g/mol. The molecule has 2 heterocycles. The molecule has 0 saturated carbocycles. The van der Waals surface area contributed by atoms with Crippen LogP contribution in [0.15, 0.2) is 5.16 Å². The molecule has 1 aromatic heterocycles. The third-order valence-corrected chi connectivity index (χ3v) is 6.33. The van der Waals surface area contributed by atoms with E-state index in [9.17, 15) is 8.42 Å². The van der Waals surface area contributed by atoms with Crippen molar-refractivity contribution in [3.05, 3.63) is 5.82 Å². The maximum atomic E-state index is 11.5. The van der Waals surface area contributed by atoms with E-state index in [0.717, 1.165) is 29.7 Å². The number of aromatic nitrogens is 3. The lowest BCUT2D eigenvalue weighted by Crippen LogP contribution is -2.15. The Labute approximate surface area is 124 Å². The second-order valence-corrected chi connectivity index (χ2v) is 8.87. The molecule has 20 heavy (non-hydrogen) atoms. The summed E-state index contributed by atoms with van der Waals surface area (Å²) in [5, 5.41) is 9.31. The van der Waals surface area contributed by atoms with Gasteiger partial charge in [-0.15, -0.1) is 10.2 Å². The Balaban J connectivity index is 1.92. The Morgan fingerprint density at radius 1 is 1.40 bits per heavy atom. The van der Waals surface area contributed by atoms with Gasteiger partial charge in [0.1, 0.15) is 5.82 Å². The van der Waals surface area contributed by atoms with Crippen molar-refractivity contribution in [1.82, 2.24) is 19.7 Å². The van der Waals surface area contributed by atoms with Crippen molar-refractivity contribution in [2.24, 2.45) is 13.0 Å². The molecular formula is C12H22N4O2S2. The summed E-state index contributed by atoms with van der Waals surface area (Å²) < 4.78 is 24.9. The summed E-state index contributed by atoms with van der Waals surface area (Å²) in [6, 6.07) is 0. The van der Waals surface area contributed by atoms with Gasteiger partial charge in [0.2, 0.25) is 0 Å². The zero-order valence-electron chi connectivity index (χ0n) is 12.2. The Hall–Kier alpha value is -0.600. The Kier molecular flexibility index (Phi) is 5.09. The first-order valence-corrected chi connectivity index (χ1v) is 9.54. The fourth-order valence-corrected chi connectivity index (χ4v) is 5.16. The number of hydrogen-bond donors (Lipinski definition) is 0. The summed E-state index contributed by atoms with van der Waals surface area (Å²) >= 11 is 1.68. The second kappa shape index (κ2) is 6.44. The average Bonchev–Trinajstić information content (AvgIpc) is 2.85. The van der Waals surface area contributed by atoms with Gasteiger partial charge in [-0.25, -0.2) is 8.42 Å². The predicted molar refractivity (Wildman–Crippen MR) is 80.7 cm³/mol. The first-order valence-electron chi connectivity index (χ1n) is 6.73. The summed E-state index contributed by atoms with van der Waals surface area (Å²) in [5.41, 5.74) is 0. The van der Waals surface area contributed by atoms with Crippen molar-refractivity contribution >= 4 is 21.6 Å². The Morgan fingerprint density at radius 3 is 2.75 bits per heavy atom. The first kappa shape index (κ1) is 15.8. The van der Waals surface area contributed by atoms with E-state index < -0.39 is 9.84 Å². The van der Waals surface area contributed by atoms with E-state index in [1.54, 1.807) is 11.8 Å². The van der Waals surface area contributed by atoms with Gasteiger partial charge in [0.25, 0.3) is 0 Å². The molecule has 1 aromatic rings. The molecule has 1 atom stereocenters. The van der Waals surface area contributed by atoms with Crippen molar-refractivity contribution in [2.45, 2.75) is 18.0 Å². The molecule has 0 aromatic carbocycles. The zero-order valence-corrected chi connectivity index (χ0v) is 13.9. The molecule has 0 radical (unpaired) electrons. The van der Waals surface area contributed by atoms with Crippen LogP contribution in [0.5, 0.6) is 0 Å². The van der Waals surface area contributed by atoms with E-state index in [4.69, 9.17) is 0 Å². The Bertz CT molecular complexity index is 554. The number of rotatable bonds is 6. The van der Waals surface area contributed by atoms with Gasteiger partial charge in [0.05, 0.1) is 11.5 Å². The molecule has 0 N–H and O–H groups in total. The highest BCUT2D eigenvalue weighted by Gasteiger charge is 2.29. The predicted octanol–water partition coefficient (Wildman–Crippen LogP) is 0.446. The van der Waals surface area contributed by atoms with Crippen LogP contribution in [0.4, 0.5) is 0 Å². The van der Waals surface area contributed by atoms with Gasteiger partial charge in [-0.3, -0.25) is 0 Å². The van der Waals surface area contributed by atoms with E-state index >= 15 is 0 Å². The van der Waals surface area contributed by atoms with Gasteiger partial charge in [-0.1, -0.05) is 11.8 Å². The summed E-state index contributed by atoms with van der Waals surface area (Å²) in [6.45, 7) is 0.994. The largest absolute Gasteiger partial charge is 0.309 e. The lowest BCUT2D eigenvalue weighted by molar-refractivity contribution is 0.437. The van der Waals surface area contributed by atoms with Crippen molar-refractivity contribution in [2.75, 3.05) is 37.9 Å². The van der Waals surface area contributed by atoms with Crippen molar-refractivity contribution in [1.29, 1.82) is 0 Å². The number of sulfone groups is 1. The topological polar surface area (TPSA) is 68.1 Å². The van der Waals surface area contributed by atoms with Crippen molar-refractivity contribution in [3.8, 4) is 0 Å². The van der Waals surface area contributed by atoms with Crippen LogP contribution in [0.3, 0.4) is 0 Å². The van der Waals surface area contributed by atoms with E-state index in [-0.39, 0.29) is 5.92 Å². The van der Waals surface area contributed by atoms with Gasteiger partial charge in [0.15, 0.2) is 15.0 Å².